The van der Waals surface area contributed by atoms with Crippen LogP contribution in [-0.4, -0.2) is 33.6 Å². The lowest BCUT2D eigenvalue weighted by Crippen LogP contribution is -2.30. The Labute approximate surface area is 135 Å². The molecule has 0 saturated carbocycles. The highest BCUT2D eigenvalue weighted by Gasteiger charge is 2.35. The molecular formula is C15H22BrNO3S. The summed E-state index contributed by atoms with van der Waals surface area (Å²) in [6.45, 7) is 2.97. The van der Waals surface area contributed by atoms with Crippen LogP contribution in [0.3, 0.4) is 0 Å². The fourth-order valence-electron chi connectivity index (χ4n) is 2.80. The summed E-state index contributed by atoms with van der Waals surface area (Å²) in [7, 11) is -1.25. The summed E-state index contributed by atoms with van der Waals surface area (Å²) in [5.74, 6) is 1.46. The third-order valence-electron chi connectivity index (χ3n) is 3.89. The molecule has 1 aromatic carbocycles. The van der Waals surface area contributed by atoms with Crippen LogP contribution in [0.1, 0.15) is 31.4 Å². The molecule has 0 aliphatic carbocycles. The molecule has 2 atom stereocenters. The Bertz CT molecular complexity index is 589. The van der Waals surface area contributed by atoms with Gasteiger partial charge in [-0.1, -0.05) is 22.9 Å². The van der Waals surface area contributed by atoms with Crippen LogP contribution in [0.2, 0.25) is 0 Å². The summed E-state index contributed by atoms with van der Waals surface area (Å²) >= 11 is 3.58. The molecule has 6 heteroatoms. The molecule has 0 bridgehead atoms. The Balaban J connectivity index is 2.31. The molecule has 4 nitrogen and oxygen atoms in total. The minimum absolute atomic E-state index is 0.0340. The predicted octanol–water partition coefficient (Wildman–Crippen LogP) is 2.93. The Morgan fingerprint density at radius 1 is 1.48 bits per heavy atom. The molecule has 1 saturated heterocycles. The number of nitrogens with one attached hydrogen (secondary N) is 1. The maximum absolute atomic E-state index is 11.8. The number of methoxy groups -OCH3 is 1. The summed E-state index contributed by atoms with van der Waals surface area (Å²) in [6, 6.07) is 5.88. The Morgan fingerprint density at radius 3 is 2.81 bits per heavy atom. The second-order valence-electron chi connectivity index (χ2n) is 5.48. The quantitative estimate of drug-likeness (QED) is 0.830. The van der Waals surface area contributed by atoms with Crippen molar-refractivity contribution in [1.82, 2.24) is 5.32 Å². The summed E-state index contributed by atoms with van der Waals surface area (Å²) in [6.07, 6.45) is 1.73. The first-order chi connectivity index (χ1) is 9.96. The van der Waals surface area contributed by atoms with Gasteiger partial charge in [-0.25, -0.2) is 8.42 Å². The number of benzene rings is 1. The third-order valence-corrected chi connectivity index (χ3v) is 6.41. The van der Waals surface area contributed by atoms with Crippen LogP contribution in [-0.2, 0) is 9.84 Å². The molecule has 2 unspecified atom stereocenters. The normalized spacial score (nSPS) is 22.1. The van der Waals surface area contributed by atoms with Crippen LogP contribution in [0.5, 0.6) is 5.75 Å². The molecular weight excluding hydrogens is 354 g/mol. The number of ether oxygens (including phenoxy) is 1. The van der Waals surface area contributed by atoms with Crippen LogP contribution >= 0.6 is 15.9 Å². The van der Waals surface area contributed by atoms with Crippen molar-refractivity contribution in [2.45, 2.75) is 25.8 Å². The van der Waals surface area contributed by atoms with E-state index in [9.17, 15) is 8.42 Å². The van der Waals surface area contributed by atoms with Crippen LogP contribution in [0.4, 0.5) is 0 Å². The van der Waals surface area contributed by atoms with E-state index >= 15 is 0 Å². The summed E-state index contributed by atoms with van der Waals surface area (Å²) in [5, 5.41) is 3.51. The molecule has 0 spiro atoms. The fraction of sp³-hybridized carbons (Fsp3) is 0.600. The van der Waals surface area contributed by atoms with Crippen molar-refractivity contribution in [1.29, 1.82) is 0 Å². The van der Waals surface area contributed by atoms with Gasteiger partial charge >= 0.3 is 0 Å². The van der Waals surface area contributed by atoms with Crippen molar-refractivity contribution in [3.8, 4) is 5.75 Å². The fourth-order valence-corrected chi connectivity index (χ4v) is 5.14. The molecule has 1 N–H and O–H groups in total. The van der Waals surface area contributed by atoms with E-state index in [4.69, 9.17) is 4.74 Å². The van der Waals surface area contributed by atoms with Crippen molar-refractivity contribution in [2.24, 2.45) is 5.92 Å². The van der Waals surface area contributed by atoms with Gasteiger partial charge in [0.1, 0.15) is 5.75 Å². The average Bonchev–Trinajstić information content (AvgIpc) is 2.81. The van der Waals surface area contributed by atoms with Crippen LogP contribution in [0.25, 0.3) is 0 Å². The zero-order chi connectivity index (χ0) is 15.5. The minimum Gasteiger partial charge on any atom is -0.497 e. The predicted molar refractivity (Wildman–Crippen MR) is 88.5 cm³/mol. The molecule has 1 heterocycles. The molecule has 1 aliphatic rings. The number of hydrogen-bond donors (Lipinski definition) is 1. The van der Waals surface area contributed by atoms with Crippen molar-refractivity contribution in [3.05, 3.63) is 28.2 Å². The van der Waals surface area contributed by atoms with Gasteiger partial charge in [-0.2, -0.15) is 0 Å². The molecule has 1 aromatic rings. The number of rotatable bonds is 6. The van der Waals surface area contributed by atoms with E-state index in [2.05, 4.69) is 28.2 Å². The zero-order valence-corrected chi connectivity index (χ0v) is 14.8. The minimum atomic E-state index is -2.89. The number of hydrogen-bond acceptors (Lipinski definition) is 4. The maximum atomic E-state index is 11.8. The first kappa shape index (κ1) is 16.8. The van der Waals surface area contributed by atoms with E-state index in [0.29, 0.717) is 12.2 Å². The summed E-state index contributed by atoms with van der Waals surface area (Å²) in [5.41, 5.74) is 1.07. The van der Waals surface area contributed by atoms with Crippen LogP contribution in [0.15, 0.2) is 22.7 Å². The van der Waals surface area contributed by atoms with E-state index < -0.39 is 9.84 Å². The number of sulfone groups is 1. The third kappa shape index (κ3) is 4.20. The SMILES string of the molecule is CCCNC(c1cc(OC)ccc1Br)C1CCS(=O)(=O)C1. The van der Waals surface area contributed by atoms with Crippen molar-refractivity contribution >= 4 is 25.8 Å². The largest absolute Gasteiger partial charge is 0.497 e. The van der Waals surface area contributed by atoms with Gasteiger partial charge in [-0.15, -0.1) is 0 Å². The van der Waals surface area contributed by atoms with Crippen molar-refractivity contribution < 1.29 is 13.2 Å². The molecule has 0 amide bonds. The van der Waals surface area contributed by atoms with Gasteiger partial charge in [0.25, 0.3) is 0 Å². The van der Waals surface area contributed by atoms with Gasteiger partial charge in [0.2, 0.25) is 0 Å². The first-order valence-corrected chi connectivity index (χ1v) is 9.85. The molecule has 1 fully saturated rings. The van der Waals surface area contributed by atoms with Gasteiger partial charge < -0.3 is 10.1 Å². The van der Waals surface area contributed by atoms with Crippen LogP contribution < -0.4 is 10.1 Å². The van der Waals surface area contributed by atoms with E-state index in [-0.39, 0.29) is 17.7 Å². The molecule has 21 heavy (non-hydrogen) atoms. The van der Waals surface area contributed by atoms with Gasteiger partial charge in [0.15, 0.2) is 9.84 Å². The molecule has 118 valence electrons. The highest BCUT2D eigenvalue weighted by molar-refractivity contribution is 9.10. The lowest BCUT2D eigenvalue weighted by Gasteiger charge is -2.26. The van der Waals surface area contributed by atoms with Crippen molar-refractivity contribution in [2.75, 3.05) is 25.2 Å². The highest BCUT2D eigenvalue weighted by atomic mass is 79.9. The van der Waals surface area contributed by atoms with E-state index in [1.165, 1.54) is 0 Å². The monoisotopic (exact) mass is 375 g/mol. The van der Waals surface area contributed by atoms with E-state index in [0.717, 1.165) is 28.8 Å². The summed E-state index contributed by atoms with van der Waals surface area (Å²) in [4.78, 5) is 0. The highest BCUT2D eigenvalue weighted by Crippen LogP contribution is 2.36. The molecule has 0 radical (unpaired) electrons. The Hall–Kier alpha value is -0.590. The van der Waals surface area contributed by atoms with Gasteiger partial charge in [-0.05, 0) is 49.1 Å². The Kier molecular flexibility index (Phi) is 5.68. The molecule has 1 aliphatic heterocycles. The average molecular weight is 376 g/mol. The smallest absolute Gasteiger partial charge is 0.150 e. The zero-order valence-electron chi connectivity index (χ0n) is 12.4. The van der Waals surface area contributed by atoms with E-state index in [1.54, 1.807) is 7.11 Å². The second kappa shape index (κ2) is 7.11. The Morgan fingerprint density at radius 2 is 2.24 bits per heavy atom. The molecule has 0 aromatic heterocycles. The van der Waals surface area contributed by atoms with E-state index in [1.807, 2.05) is 18.2 Å². The topological polar surface area (TPSA) is 55.4 Å². The number of halogens is 1. The van der Waals surface area contributed by atoms with Crippen LogP contribution in [0, 0.1) is 5.92 Å². The lowest BCUT2D eigenvalue weighted by molar-refractivity contribution is 0.385. The van der Waals surface area contributed by atoms with Crippen molar-refractivity contribution in [3.63, 3.8) is 0 Å². The maximum Gasteiger partial charge on any atom is 0.150 e. The standard InChI is InChI=1S/C15H22BrNO3S/c1-3-7-17-15(11-6-8-21(18,19)10-11)13-9-12(20-2)4-5-14(13)16/h4-5,9,11,15,17H,3,6-8,10H2,1-2H3. The first-order valence-electron chi connectivity index (χ1n) is 7.24. The molecule has 2 rings (SSSR count). The second-order valence-corrected chi connectivity index (χ2v) is 8.57. The van der Waals surface area contributed by atoms with Gasteiger partial charge in [0, 0.05) is 10.5 Å². The summed E-state index contributed by atoms with van der Waals surface area (Å²) < 4.78 is 29.9. The van der Waals surface area contributed by atoms with Gasteiger partial charge in [0.05, 0.1) is 18.6 Å². The lowest BCUT2D eigenvalue weighted by atomic mass is 9.92. The van der Waals surface area contributed by atoms with Gasteiger partial charge in [-0.3, -0.25) is 0 Å².